The van der Waals surface area contributed by atoms with Crippen molar-refractivity contribution in [3.05, 3.63) is 29.0 Å². The summed E-state index contributed by atoms with van der Waals surface area (Å²) >= 11 is 5.69. The van der Waals surface area contributed by atoms with E-state index in [0.29, 0.717) is 11.8 Å². The van der Waals surface area contributed by atoms with Gasteiger partial charge in [0.25, 0.3) is 0 Å². The van der Waals surface area contributed by atoms with Crippen molar-refractivity contribution in [2.75, 3.05) is 20.3 Å². The van der Waals surface area contributed by atoms with Crippen molar-refractivity contribution in [3.8, 4) is 0 Å². The fourth-order valence-corrected chi connectivity index (χ4v) is 1.25. The fourth-order valence-electron chi connectivity index (χ4n) is 1.14. The van der Waals surface area contributed by atoms with E-state index >= 15 is 0 Å². The second-order valence-electron chi connectivity index (χ2n) is 3.08. The molecule has 0 aromatic carbocycles. The fraction of sp³-hybridized carbons (Fsp3) is 0.500. The Morgan fingerprint density at radius 3 is 2.93 bits per heavy atom. The van der Waals surface area contributed by atoms with E-state index in [2.05, 4.69) is 17.2 Å². The van der Waals surface area contributed by atoms with Crippen LogP contribution in [0, 0.1) is 0 Å². The molecule has 1 heterocycles. The van der Waals surface area contributed by atoms with E-state index in [-0.39, 0.29) is 6.04 Å². The summed E-state index contributed by atoms with van der Waals surface area (Å²) in [6.07, 6.45) is 1.78. The molecule has 0 saturated carbocycles. The van der Waals surface area contributed by atoms with Gasteiger partial charge in [0.15, 0.2) is 0 Å². The minimum absolute atomic E-state index is 0.273. The average molecular weight is 215 g/mol. The molecule has 4 heteroatoms. The van der Waals surface area contributed by atoms with E-state index < -0.39 is 0 Å². The first-order valence-electron chi connectivity index (χ1n) is 4.58. The van der Waals surface area contributed by atoms with Crippen LogP contribution in [0.25, 0.3) is 0 Å². The van der Waals surface area contributed by atoms with Crippen LogP contribution in [0.3, 0.4) is 0 Å². The summed E-state index contributed by atoms with van der Waals surface area (Å²) in [6.45, 7) is 3.63. The summed E-state index contributed by atoms with van der Waals surface area (Å²) in [7, 11) is 1.69. The molecular weight excluding hydrogens is 200 g/mol. The van der Waals surface area contributed by atoms with Crippen LogP contribution in [0.15, 0.2) is 18.3 Å². The van der Waals surface area contributed by atoms with Gasteiger partial charge in [-0.1, -0.05) is 17.7 Å². The van der Waals surface area contributed by atoms with Crippen LogP contribution >= 0.6 is 11.6 Å². The Kier molecular flexibility index (Phi) is 4.87. The van der Waals surface area contributed by atoms with Crippen LogP contribution in [-0.2, 0) is 4.74 Å². The molecule has 0 fully saturated rings. The van der Waals surface area contributed by atoms with Gasteiger partial charge < -0.3 is 10.1 Å². The summed E-state index contributed by atoms with van der Waals surface area (Å²) < 4.78 is 4.95. The van der Waals surface area contributed by atoms with Gasteiger partial charge in [-0.2, -0.15) is 0 Å². The van der Waals surface area contributed by atoms with Crippen molar-refractivity contribution in [2.24, 2.45) is 0 Å². The van der Waals surface area contributed by atoms with Gasteiger partial charge in [-0.25, -0.2) is 4.98 Å². The number of rotatable bonds is 5. The van der Waals surface area contributed by atoms with Gasteiger partial charge in [0.1, 0.15) is 5.15 Å². The number of hydrogen-bond acceptors (Lipinski definition) is 3. The third-order valence-corrected chi connectivity index (χ3v) is 2.23. The smallest absolute Gasteiger partial charge is 0.129 e. The van der Waals surface area contributed by atoms with Gasteiger partial charge in [-0.05, 0) is 18.6 Å². The number of nitrogens with zero attached hydrogens (tertiary/aromatic N) is 1. The van der Waals surface area contributed by atoms with Gasteiger partial charge in [0, 0.05) is 25.9 Å². The predicted octanol–water partition coefficient (Wildman–Crippen LogP) is 2.03. The summed E-state index contributed by atoms with van der Waals surface area (Å²) in [6, 6.07) is 4.04. The van der Waals surface area contributed by atoms with Gasteiger partial charge >= 0.3 is 0 Å². The zero-order valence-electron chi connectivity index (χ0n) is 8.46. The third kappa shape index (κ3) is 3.62. The molecule has 0 radical (unpaired) electrons. The Bertz CT molecular complexity index is 263. The molecule has 0 bridgehead atoms. The lowest BCUT2D eigenvalue weighted by atomic mass is 10.1. The molecule has 1 aromatic rings. The van der Waals surface area contributed by atoms with E-state index in [9.17, 15) is 0 Å². The Morgan fingerprint density at radius 1 is 1.57 bits per heavy atom. The maximum Gasteiger partial charge on any atom is 0.129 e. The third-order valence-electron chi connectivity index (χ3n) is 2.01. The van der Waals surface area contributed by atoms with Crippen LogP contribution in [-0.4, -0.2) is 25.2 Å². The first-order valence-corrected chi connectivity index (χ1v) is 4.95. The van der Waals surface area contributed by atoms with E-state index in [1.54, 1.807) is 19.4 Å². The number of methoxy groups -OCH3 is 1. The van der Waals surface area contributed by atoms with E-state index in [0.717, 1.165) is 12.1 Å². The zero-order valence-corrected chi connectivity index (χ0v) is 9.21. The summed E-state index contributed by atoms with van der Waals surface area (Å²) in [5, 5.41) is 3.84. The first kappa shape index (κ1) is 11.4. The highest BCUT2D eigenvalue weighted by Crippen LogP contribution is 2.12. The number of nitrogens with one attached hydrogen (secondary N) is 1. The molecule has 0 aliphatic heterocycles. The molecule has 1 N–H and O–H groups in total. The van der Waals surface area contributed by atoms with Crippen LogP contribution in [0.2, 0.25) is 5.15 Å². The summed E-state index contributed by atoms with van der Waals surface area (Å²) in [4.78, 5) is 4.02. The van der Waals surface area contributed by atoms with Crippen LogP contribution in [0.1, 0.15) is 18.5 Å². The second-order valence-corrected chi connectivity index (χ2v) is 3.47. The molecule has 0 amide bonds. The van der Waals surface area contributed by atoms with Crippen molar-refractivity contribution < 1.29 is 4.74 Å². The molecule has 0 aliphatic rings. The number of ether oxygens (including phenoxy) is 1. The lowest BCUT2D eigenvalue weighted by molar-refractivity contribution is 0.196. The Labute approximate surface area is 89.4 Å². The number of hydrogen-bond donors (Lipinski definition) is 1. The van der Waals surface area contributed by atoms with Crippen molar-refractivity contribution >= 4 is 11.6 Å². The van der Waals surface area contributed by atoms with Crippen molar-refractivity contribution in [1.82, 2.24) is 10.3 Å². The van der Waals surface area contributed by atoms with E-state index in [1.165, 1.54) is 0 Å². The number of halogens is 1. The van der Waals surface area contributed by atoms with Crippen LogP contribution in [0.4, 0.5) is 0 Å². The highest BCUT2D eigenvalue weighted by Gasteiger charge is 2.03. The quantitative estimate of drug-likeness (QED) is 0.602. The first-order chi connectivity index (χ1) is 6.74. The predicted molar refractivity (Wildman–Crippen MR) is 57.5 cm³/mol. The van der Waals surface area contributed by atoms with Gasteiger partial charge in [-0.15, -0.1) is 0 Å². The van der Waals surface area contributed by atoms with Crippen LogP contribution in [0.5, 0.6) is 0 Å². The molecule has 78 valence electrons. The Hall–Kier alpha value is -0.640. The maximum absolute atomic E-state index is 5.69. The molecule has 0 spiro atoms. The SMILES string of the molecule is COCCNC(C)c1ccc(Cl)nc1. The monoisotopic (exact) mass is 214 g/mol. The van der Waals surface area contributed by atoms with Crippen molar-refractivity contribution in [3.63, 3.8) is 0 Å². The molecular formula is C10H15ClN2O. The van der Waals surface area contributed by atoms with Gasteiger partial charge in [-0.3, -0.25) is 0 Å². The van der Waals surface area contributed by atoms with E-state index in [1.807, 2.05) is 6.07 Å². The lowest BCUT2D eigenvalue weighted by Gasteiger charge is -2.13. The van der Waals surface area contributed by atoms with E-state index in [4.69, 9.17) is 16.3 Å². The lowest BCUT2D eigenvalue weighted by Crippen LogP contribution is -2.22. The minimum Gasteiger partial charge on any atom is -0.383 e. The zero-order chi connectivity index (χ0) is 10.4. The molecule has 14 heavy (non-hydrogen) atoms. The standard InChI is InChI=1S/C10H15ClN2O/c1-8(12-5-6-14-2)9-3-4-10(11)13-7-9/h3-4,7-8,12H,5-6H2,1-2H3. The maximum atomic E-state index is 5.69. The molecule has 0 aliphatic carbocycles. The molecule has 3 nitrogen and oxygen atoms in total. The highest BCUT2D eigenvalue weighted by atomic mass is 35.5. The molecule has 1 unspecified atom stereocenters. The topological polar surface area (TPSA) is 34.1 Å². The Morgan fingerprint density at radius 2 is 2.36 bits per heavy atom. The molecule has 1 aromatic heterocycles. The molecule has 1 atom stereocenters. The van der Waals surface area contributed by atoms with Crippen molar-refractivity contribution in [2.45, 2.75) is 13.0 Å². The second kappa shape index (κ2) is 5.96. The van der Waals surface area contributed by atoms with Gasteiger partial charge in [0.2, 0.25) is 0 Å². The Balaban J connectivity index is 2.43. The number of aromatic nitrogens is 1. The van der Waals surface area contributed by atoms with Crippen LogP contribution < -0.4 is 5.32 Å². The normalized spacial score (nSPS) is 12.8. The number of pyridine rings is 1. The minimum atomic E-state index is 0.273. The van der Waals surface area contributed by atoms with Gasteiger partial charge in [0.05, 0.1) is 6.61 Å². The largest absolute Gasteiger partial charge is 0.383 e. The highest BCUT2D eigenvalue weighted by molar-refractivity contribution is 6.29. The summed E-state index contributed by atoms with van der Waals surface area (Å²) in [5.74, 6) is 0. The van der Waals surface area contributed by atoms with Crippen molar-refractivity contribution in [1.29, 1.82) is 0 Å². The average Bonchev–Trinajstić information content (AvgIpc) is 2.19. The molecule has 0 saturated heterocycles. The summed E-state index contributed by atoms with van der Waals surface area (Å²) in [5.41, 5.74) is 1.13. The molecule has 1 rings (SSSR count).